The average molecular weight is 366 g/mol. The Kier molecular flexibility index (Phi) is 7.53. The minimum atomic E-state index is -0.789. The molecule has 0 atom stereocenters. The molecule has 2 rings (SSSR count). The molecule has 1 amide bonds. The van der Waals surface area contributed by atoms with Crippen molar-refractivity contribution in [1.29, 1.82) is 0 Å². The molecule has 0 spiro atoms. The van der Waals surface area contributed by atoms with E-state index in [9.17, 15) is 13.6 Å². The van der Waals surface area contributed by atoms with Crippen LogP contribution in [0.15, 0.2) is 30.5 Å². The quantitative estimate of drug-likeness (QED) is 0.657. The van der Waals surface area contributed by atoms with Crippen LogP contribution in [0.3, 0.4) is 0 Å². The van der Waals surface area contributed by atoms with Gasteiger partial charge in [-0.25, -0.2) is 13.5 Å². The van der Waals surface area contributed by atoms with Crippen molar-refractivity contribution in [3.8, 4) is 5.75 Å². The lowest BCUT2D eigenvalue weighted by atomic mass is 10.3. The molecule has 1 aromatic carbocycles. The van der Waals surface area contributed by atoms with Crippen molar-refractivity contribution >= 4 is 5.91 Å². The van der Waals surface area contributed by atoms with Crippen LogP contribution in [0.25, 0.3) is 0 Å². The molecule has 0 fully saturated rings. The number of carbonyl (C=O) groups excluding carboxylic acids is 1. The number of nitrogens with zero attached hydrogens (tertiary/aromatic N) is 3. The van der Waals surface area contributed by atoms with Crippen molar-refractivity contribution in [2.75, 3.05) is 26.2 Å². The molecule has 1 aromatic heterocycles. The Hall–Kier alpha value is -2.48. The Labute approximate surface area is 151 Å². The van der Waals surface area contributed by atoms with Gasteiger partial charge in [-0.3, -0.25) is 4.79 Å². The van der Waals surface area contributed by atoms with E-state index in [0.717, 1.165) is 38.2 Å². The maximum atomic E-state index is 13.5. The normalized spacial score (nSPS) is 11.0. The highest BCUT2D eigenvalue weighted by molar-refractivity contribution is 5.92. The molecule has 26 heavy (non-hydrogen) atoms. The van der Waals surface area contributed by atoms with Gasteiger partial charge in [0, 0.05) is 18.8 Å². The van der Waals surface area contributed by atoms with E-state index in [1.165, 1.54) is 10.7 Å². The standard InChI is InChI=1S/C18H24F2N4O2/c1-3-23(4-2)10-5-9-21-18(25)16-8-11-24(22-16)13-26-17-7-6-14(19)12-15(17)20/h6-8,11-12H,3-5,9-10,13H2,1-2H3,(H,21,25). The summed E-state index contributed by atoms with van der Waals surface area (Å²) >= 11 is 0. The van der Waals surface area contributed by atoms with Crippen LogP contribution < -0.4 is 10.1 Å². The minimum Gasteiger partial charge on any atom is -0.468 e. The van der Waals surface area contributed by atoms with Gasteiger partial charge in [-0.15, -0.1) is 0 Å². The van der Waals surface area contributed by atoms with E-state index in [2.05, 4.69) is 29.2 Å². The molecule has 2 aromatic rings. The topological polar surface area (TPSA) is 59.4 Å². The van der Waals surface area contributed by atoms with Crippen LogP contribution in [0.1, 0.15) is 30.8 Å². The van der Waals surface area contributed by atoms with Crippen LogP contribution in [0.2, 0.25) is 0 Å². The van der Waals surface area contributed by atoms with Gasteiger partial charge in [-0.1, -0.05) is 13.8 Å². The summed E-state index contributed by atoms with van der Waals surface area (Å²) in [5, 5.41) is 6.91. The third kappa shape index (κ3) is 5.80. The van der Waals surface area contributed by atoms with Crippen molar-refractivity contribution < 1.29 is 18.3 Å². The van der Waals surface area contributed by atoms with Gasteiger partial charge in [-0.05, 0) is 44.3 Å². The van der Waals surface area contributed by atoms with E-state index in [4.69, 9.17) is 4.74 Å². The molecule has 0 saturated heterocycles. The monoisotopic (exact) mass is 366 g/mol. The summed E-state index contributed by atoms with van der Waals surface area (Å²) in [4.78, 5) is 14.3. The number of nitrogens with one attached hydrogen (secondary N) is 1. The Balaban J connectivity index is 1.78. The summed E-state index contributed by atoms with van der Waals surface area (Å²) in [5.74, 6) is -1.81. The minimum absolute atomic E-state index is 0.0793. The molecular formula is C18H24F2N4O2. The molecule has 0 bridgehead atoms. The SMILES string of the molecule is CCN(CC)CCCNC(=O)c1ccn(COc2ccc(F)cc2F)n1. The summed E-state index contributed by atoms with van der Waals surface area (Å²) in [6, 6.07) is 4.62. The first-order chi connectivity index (χ1) is 12.5. The van der Waals surface area contributed by atoms with E-state index < -0.39 is 11.6 Å². The molecule has 142 valence electrons. The molecule has 0 aliphatic rings. The lowest BCUT2D eigenvalue weighted by Gasteiger charge is -2.17. The maximum absolute atomic E-state index is 13.5. The Morgan fingerprint density at radius 2 is 2.04 bits per heavy atom. The van der Waals surface area contributed by atoms with Crippen LogP contribution in [-0.2, 0) is 6.73 Å². The maximum Gasteiger partial charge on any atom is 0.271 e. The van der Waals surface area contributed by atoms with Crippen LogP contribution in [0, 0.1) is 11.6 Å². The van der Waals surface area contributed by atoms with Gasteiger partial charge in [0.15, 0.2) is 18.3 Å². The molecule has 0 unspecified atom stereocenters. The third-order valence-corrected chi connectivity index (χ3v) is 3.95. The Morgan fingerprint density at radius 1 is 1.27 bits per heavy atom. The van der Waals surface area contributed by atoms with Gasteiger partial charge in [0.2, 0.25) is 0 Å². The number of ether oxygens (including phenoxy) is 1. The van der Waals surface area contributed by atoms with Gasteiger partial charge >= 0.3 is 0 Å². The van der Waals surface area contributed by atoms with Crippen LogP contribution in [0.5, 0.6) is 5.75 Å². The molecule has 0 radical (unpaired) electrons. The lowest BCUT2D eigenvalue weighted by Crippen LogP contribution is -2.30. The van der Waals surface area contributed by atoms with Gasteiger partial charge in [0.05, 0.1) is 0 Å². The average Bonchev–Trinajstić information content (AvgIpc) is 3.10. The van der Waals surface area contributed by atoms with E-state index in [1.807, 2.05) is 0 Å². The van der Waals surface area contributed by atoms with E-state index in [1.54, 1.807) is 12.3 Å². The Morgan fingerprint density at radius 3 is 2.73 bits per heavy atom. The highest BCUT2D eigenvalue weighted by Gasteiger charge is 2.10. The number of amides is 1. The number of hydrogen-bond acceptors (Lipinski definition) is 4. The zero-order valence-corrected chi connectivity index (χ0v) is 15.0. The molecule has 8 heteroatoms. The molecule has 0 saturated carbocycles. The predicted octanol–water partition coefficient (Wildman–Crippen LogP) is 2.66. The first-order valence-electron chi connectivity index (χ1n) is 8.65. The second kappa shape index (κ2) is 9.86. The second-order valence-corrected chi connectivity index (χ2v) is 5.72. The van der Waals surface area contributed by atoms with Gasteiger partial charge in [0.1, 0.15) is 11.5 Å². The van der Waals surface area contributed by atoms with Gasteiger partial charge in [0.25, 0.3) is 5.91 Å². The van der Waals surface area contributed by atoms with Crippen LogP contribution in [0.4, 0.5) is 8.78 Å². The summed E-state index contributed by atoms with van der Waals surface area (Å²) in [6.07, 6.45) is 2.42. The fraction of sp³-hybridized carbons (Fsp3) is 0.444. The van der Waals surface area contributed by atoms with Crippen molar-refractivity contribution in [3.05, 3.63) is 47.8 Å². The van der Waals surface area contributed by atoms with E-state index in [-0.39, 0.29) is 24.1 Å². The number of benzene rings is 1. The zero-order valence-electron chi connectivity index (χ0n) is 15.0. The highest BCUT2D eigenvalue weighted by Crippen LogP contribution is 2.17. The Bertz CT molecular complexity index is 717. The smallest absolute Gasteiger partial charge is 0.271 e. The first-order valence-corrected chi connectivity index (χ1v) is 8.65. The lowest BCUT2D eigenvalue weighted by molar-refractivity contribution is 0.0944. The number of hydrogen-bond donors (Lipinski definition) is 1. The van der Waals surface area contributed by atoms with Crippen LogP contribution >= 0.6 is 0 Å². The number of rotatable bonds is 10. The number of aromatic nitrogens is 2. The molecule has 0 aliphatic carbocycles. The van der Waals surface area contributed by atoms with E-state index >= 15 is 0 Å². The molecular weight excluding hydrogens is 342 g/mol. The second-order valence-electron chi connectivity index (χ2n) is 5.72. The third-order valence-electron chi connectivity index (χ3n) is 3.95. The van der Waals surface area contributed by atoms with Gasteiger partial charge in [-0.2, -0.15) is 5.10 Å². The number of carbonyl (C=O) groups is 1. The van der Waals surface area contributed by atoms with E-state index in [0.29, 0.717) is 6.54 Å². The van der Waals surface area contributed by atoms with Crippen molar-refractivity contribution in [2.24, 2.45) is 0 Å². The summed E-state index contributed by atoms with van der Waals surface area (Å²) < 4.78 is 33.0. The highest BCUT2D eigenvalue weighted by atomic mass is 19.1. The van der Waals surface area contributed by atoms with Crippen molar-refractivity contribution in [2.45, 2.75) is 27.0 Å². The van der Waals surface area contributed by atoms with Crippen LogP contribution in [-0.4, -0.2) is 46.8 Å². The molecule has 1 heterocycles. The molecule has 6 nitrogen and oxygen atoms in total. The first kappa shape index (κ1) is 19.8. The fourth-order valence-corrected chi connectivity index (χ4v) is 2.42. The van der Waals surface area contributed by atoms with Crippen molar-refractivity contribution in [1.82, 2.24) is 20.0 Å². The van der Waals surface area contributed by atoms with Gasteiger partial charge < -0.3 is 15.0 Å². The zero-order chi connectivity index (χ0) is 18.9. The predicted molar refractivity (Wildman–Crippen MR) is 94.0 cm³/mol. The fourth-order valence-electron chi connectivity index (χ4n) is 2.42. The summed E-state index contributed by atoms with van der Waals surface area (Å²) in [5.41, 5.74) is 0.260. The molecule has 1 N–H and O–H groups in total. The largest absolute Gasteiger partial charge is 0.468 e. The summed E-state index contributed by atoms with van der Waals surface area (Å²) in [7, 11) is 0. The summed E-state index contributed by atoms with van der Waals surface area (Å²) in [6.45, 7) is 7.60. The van der Waals surface area contributed by atoms with Crippen molar-refractivity contribution in [3.63, 3.8) is 0 Å². The molecule has 0 aliphatic heterocycles. The number of halogens is 2.